The van der Waals surface area contributed by atoms with Crippen molar-refractivity contribution in [3.63, 3.8) is 0 Å². The summed E-state index contributed by atoms with van der Waals surface area (Å²) < 4.78 is 0. The number of hydrogen-bond acceptors (Lipinski definition) is 3. The molecule has 0 aliphatic heterocycles. The Balaban J connectivity index is 4.14. The summed E-state index contributed by atoms with van der Waals surface area (Å²) in [4.78, 5) is 4.98. The highest BCUT2D eigenvalue weighted by Gasteiger charge is 2.30. The van der Waals surface area contributed by atoms with E-state index >= 15 is 0 Å². The molecule has 0 aliphatic rings. The SMILES string of the molecule is CN(CCCN)CCCN(C(C)(C)C)C(C)(C)C. The zero-order chi connectivity index (χ0) is 14.4. The molecule has 0 aromatic heterocycles. The first-order valence-electron chi connectivity index (χ1n) is 7.25. The Hall–Kier alpha value is -0.120. The highest BCUT2D eigenvalue weighted by atomic mass is 15.2. The smallest absolute Gasteiger partial charge is 0.0130 e. The fourth-order valence-electron chi connectivity index (χ4n) is 2.65. The molecule has 3 nitrogen and oxygen atoms in total. The molecular weight excluding hydrogens is 222 g/mol. The molecule has 0 aliphatic carbocycles. The molecule has 0 fully saturated rings. The van der Waals surface area contributed by atoms with Crippen molar-refractivity contribution in [1.29, 1.82) is 0 Å². The van der Waals surface area contributed by atoms with Gasteiger partial charge in [0.05, 0.1) is 0 Å². The summed E-state index contributed by atoms with van der Waals surface area (Å²) in [5, 5.41) is 0. The number of rotatable bonds is 7. The van der Waals surface area contributed by atoms with Gasteiger partial charge < -0.3 is 10.6 Å². The van der Waals surface area contributed by atoms with E-state index in [0.717, 1.165) is 32.6 Å². The van der Waals surface area contributed by atoms with Crippen molar-refractivity contribution in [1.82, 2.24) is 9.80 Å². The predicted molar refractivity (Wildman–Crippen MR) is 82.0 cm³/mol. The minimum Gasteiger partial charge on any atom is -0.330 e. The van der Waals surface area contributed by atoms with E-state index in [0.29, 0.717) is 0 Å². The number of hydrogen-bond donors (Lipinski definition) is 1. The van der Waals surface area contributed by atoms with Crippen LogP contribution in [0.15, 0.2) is 0 Å². The average molecular weight is 257 g/mol. The molecule has 0 rings (SSSR count). The molecule has 0 amide bonds. The van der Waals surface area contributed by atoms with Gasteiger partial charge in [0.1, 0.15) is 0 Å². The topological polar surface area (TPSA) is 32.5 Å². The summed E-state index contributed by atoms with van der Waals surface area (Å²) in [7, 11) is 2.19. The Morgan fingerprint density at radius 1 is 0.778 bits per heavy atom. The van der Waals surface area contributed by atoms with Gasteiger partial charge in [-0.2, -0.15) is 0 Å². The first-order chi connectivity index (χ1) is 8.09. The molecule has 3 heteroatoms. The highest BCUT2D eigenvalue weighted by Crippen LogP contribution is 2.24. The van der Waals surface area contributed by atoms with Crippen LogP contribution < -0.4 is 5.73 Å². The third-order valence-electron chi connectivity index (χ3n) is 3.29. The van der Waals surface area contributed by atoms with Crippen molar-refractivity contribution in [2.24, 2.45) is 5.73 Å². The standard InChI is InChI=1S/C15H35N3/c1-14(2,3)18(15(4,5)6)13-9-12-17(7)11-8-10-16/h8-13,16H2,1-7H3. The second kappa shape index (κ2) is 7.46. The van der Waals surface area contributed by atoms with E-state index in [4.69, 9.17) is 5.73 Å². The lowest BCUT2D eigenvalue weighted by Gasteiger charge is -2.45. The van der Waals surface area contributed by atoms with Crippen LogP contribution in [0.4, 0.5) is 0 Å². The summed E-state index contributed by atoms with van der Waals surface area (Å²) in [6, 6.07) is 0. The molecule has 0 bridgehead atoms. The van der Waals surface area contributed by atoms with Gasteiger partial charge in [0.15, 0.2) is 0 Å². The summed E-state index contributed by atoms with van der Waals surface area (Å²) in [5.74, 6) is 0. The molecule has 0 aromatic carbocycles. The van der Waals surface area contributed by atoms with Crippen molar-refractivity contribution in [2.75, 3.05) is 33.2 Å². The van der Waals surface area contributed by atoms with E-state index in [-0.39, 0.29) is 11.1 Å². The fourth-order valence-corrected chi connectivity index (χ4v) is 2.65. The van der Waals surface area contributed by atoms with Gasteiger partial charge in [-0.05, 0) is 81.1 Å². The lowest BCUT2D eigenvalue weighted by molar-refractivity contribution is 0.0351. The van der Waals surface area contributed by atoms with Crippen LogP contribution in [0.5, 0.6) is 0 Å². The summed E-state index contributed by atoms with van der Waals surface area (Å²) in [6.45, 7) is 18.0. The average Bonchev–Trinajstić information content (AvgIpc) is 2.17. The molecule has 0 saturated heterocycles. The Morgan fingerprint density at radius 2 is 1.22 bits per heavy atom. The van der Waals surface area contributed by atoms with E-state index in [9.17, 15) is 0 Å². The van der Waals surface area contributed by atoms with Crippen LogP contribution in [0.2, 0.25) is 0 Å². The number of nitrogens with two attached hydrogens (primary N) is 1. The Labute approximate surface area is 115 Å². The van der Waals surface area contributed by atoms with Crippen LogP contribution in [0.1, 0.15) is 54.4 Å². The highest BCUT2D eigenvalue weighted by molar-refractivity contribution is 4.86. The second-order valence-corrected chi connectivity index (χ2v) is 7.29. The summed E-state index contributed by atoms with van der Waals surface area (Å²) in [5.41, 5.74) is 5.99. The lowest BCUT2D eigenvalue weighted by Crippen LogP contribution is -2.53. The van der Waals surface area contributed by atoms with Crippen LogP contribution in [0.25, 0.3) is 0 Å². The van der Waals surface area contributed by atoms with Gasteiger partial charge in [-0.25, -0.2) is 0 Å². The normalized spacial score (nSPS) is 13.7. The Kier molecular flexibility index (Phi) is 7.41. The van der Waals surface area contributed by atoms with Crippen molar-refractivity contribution in [2.45, 2.75) is 65.5 Å². The lowest BCUT2D eigenvalue weighted by atomic mass is 9.95. The van der Waals surface area contributed by atoms with E-state index < -0.39 is 0 Å². The molecule has 18 heavy (non-hydrogen) atoms. The van der Waals surface area contributed by atoms with Crippen LogP contribution >= 0.6 is 0 Å². The van der Waals surface area contributed by atoms with Crippen LogP contribution in [0.3, 0.4) is 0 Å². The molecular formula is C15H35N3. The van der Waals surface area contributed by atoms with Gasteiger partial charge in [0.25, 0.3) is 0 Å². The molecule has 0 spiro atoms. The van der Waals surface area contributed by atoms with Crippen molar-refractivity contribution >= 4 is 0 Å². The summed E-state index contributed by atoms with van der Waals surface area (Å²) in [6.07, 6.45) is 2.31. The van der Waals surface area contributed by atoms with Crippen LogP contribution in [0, 0.1) is 0 Å². The van der Waals surface area contributed by atoms with Gasteiger partial charge in [0.2, 0.25) is 0 Å². The fraction of sp³-hybridized carbons (Fsp3) is 1.00. The van der Waals surface area contributed by atoms with Gasteiger partial charge in [-0.15, -0.1) is 0 Å². The zero-order valence-electron chi connectivity index (χ0n) is 13.7. The van der Waals surface area contributed by atoms with Crippen molar-refractivity contribution in [3.8, 4) is 0 Å². The van der Waals surface area contributed by atoms with E-state index in [2.05, 4.69) is 58.4 Å². The largest absolute Gasteiger partial charge is 0.330 e. The second-order valence-electron chi connectivity index (χ2n) is 7.29. The molecule has 0 unspecified atom stereocenters. The minimum absolute atomic E-state index is 0.230. The quantitative estimate of drug-likeness (QED) is 0.761. The molecule has 0 atom stereocenters. The third-order valence-corrected chi connectivity index (χ3v) is 3.29. The van der Waals surface area contributed by atoms with Gasteiger partial charge in [0, 0.05) is 17.6 Å². The maximum absolute atomic E-state index is 5.53. The van der Waals surface area contributed by atoms with E-state index in [1.165, 1.54) is 6.42 Å². The summed E-state index contributed by atoms with van der Waals surface area (Å²) >= 11 is 0. The Bertz CT molecular complexity index is 199. The predicted octanol–water partition coefficient (Wildman–Crippen LogP) is 2.56. The molecule has 0 heterocycles. The first-order valence-corrected chi connectivity index (χ1v) is 7.25. The zero-order valence-corrected chi connectivity index (χ0v) is 13.7. The van der Waals surface area contributed by atoms with Crippen molar-refractivity contribution < 1.29 is 0 Å². The van der Waals surface area contributed by atoms with E-state index in [1.807, 2.05) is 0 Å². The van der Waals surface area contributed by atoms with Gasteiger partial charge >= 0.3 is 0 Å². The van der Waals surface area contributed by atoms with Crippen molar-refractivity contribution in [3.05, 3.63) is 0 Å². The van der Waals surface area contributed by atoms with Gasteiger partial charge in [-0.1, -0.05) is 0 Å². The molecule has 110 valence electrons. The monoisotopic (exact) mass is 257 g/mol. The van der Waals surface area contributed by atoms with Gasteiger partial charge in [-0.3, -0.25) is 4.90 Å². The Morgan fingerprint density at radius 3 is 1.61 bits per heavy atom. The maximum Gasteiger partial charge on any atom is 0.0130 e. The first kappa shape index (κ1) is 17.9. The maximum atomic E-state index is 5.53. The molecule has 0 radical (unpaired) electrons. The van der Waals surface area contributed by atoms with Crippen LogP contribution in [-0.4, -0.2) is 54.1 Å². The third kappa shape index (κ3) is 7.34. The molecule has 2 N–H and O–H groups in total. The number of nitrogens with zero attached hydrogens (tertiary/aromatic N) is 2. The van der Waals surface area contributed by atoms with E-state index in [1.54, 1.807) is 0 Å². The minimum atomic E-state index is 0.230. The molecule has 0 saturated carbocycles. The molecule has 0 aromatic rings. The van der Waals surface area contributed by atoms with Crippen LogP contribution in [-0.2, 0) is 0 Å².